The number of benzene rings is 5. The van der Waals surface area contributed by atoms with Crippen LogP contribution < -0.4 is 25.3 Å². The molecule has 10 heteroatoms. The Morgan fingerprint density at radius 3 is 2.35 bits per heavy atom. The highest BCUT2D eigenvalue weighted by atomic mass is 35.5. The highest BCUT2D eigenvalue weighted by Crippen LogP contribution is 2.37. The number of unbranched alkanes of at least 4 members (excludes halogenated alkanes) is 3. The second-order valence-corrected chi connectivity index (χ2v) is 15.3. The summed E-state index contributed by atoms with van der Waals surface area (Å²) in [4.78, 5) is 33.2. The van der Waals surface area contributed by atoms with Gasteiger partial charge < -0.3 is 15.4 Å². The molecule has 0 unspecified atom stereocenters. The molecule has 0 spiro atoms. The number of methoxy groups -OCH3 is 1. The van der Waals surface area contributed by atoms with Crippen LogP contribution in [0.1, 0.15) is 61.1 Å². The minimum Gasteiger partial charge on any atom is -0.497 e. The van der Waals surface area contributed by atoms with E-state index in [9.17, 15) is 9.59 Å². The average Bonchev–Trinajstić information content (AvgIpc) is 3.47. The number of hydrogen-bond donors (Lipinski definition) is 2. The van der Waals surface area contributed by atoms with Crippen LogP contribution >= 0.6 is 22.9 Å². The van der Waals surface area contributed by atoms with Crippen molar-refractivity contribution in [1.29, 1.82) is 0 Å². The van der Waals surface area contributed by atoms with Gasteiger partial charge in [-0.15, -0.1) is 11.3 Å². The third kappa shape index (κ3) is 8.09. The van der Waals surface area contributed by atoms with Gasteiger partial charge in [0.1, 0.15) is 18.8 Å². The molecule has 1 aromatic heterocycles. The van der Waals surface area contributed by atoms with Crippen molar-refractivity contribution in [3.05, 3.63) is 118 Å². The number of nitrogens with one attached hydrogen (secondary N) is 2. The lowest BCUT2D eigenvalue weighted by Crippen LogP contribution is -2.29. The molecule has 1 amide bonds. The molecule has 2 heterocycles. The molecular formula is C45H47ClN5O3S+. The van der Waals surface area contributed by atoms with E-state index in [4.69, 9.17) is 21.3 Å². The molecule has 0 fully saturated rings. The maximum Gasteiger partial charge on any atom is 0.262 e. The normalized spacial score (nSPS) is 11.4. The Bertz CT molecular complexity index is 2550. The molecule has 8 nitrogen and oxygen atoms in total. The molecule has 0 atom stereocenters. The number of ether oxygens (including phenoxy) is 1. The molecule has 2 N–H and O–H groups in total. The summed E-state index contributed by atoms with van der Waals surface area (Å²) >= 11 is 7.88. The fourth-order valence-electron chi connectivity index (χ4n) is 7.45. The second-order valence-electron chi connectivity index (χ2n) is 13.8. The van der Waals surface area contributed by atoms with Gasteiger partial charge in [0, 0.05) is 63.3 Å². The third-order valence-electron chi connectivity index (χ3n) is 10.4. The zero-order valence-corrected chi connectivity index (χ0v) is 33.4. The summed E-state index contributed by atoms with van der Waals surface area (Å²) in [5.41, 5.74) is 6.02. The number of carbonyl (C=O) groups is 2. The Morgan fingerprint density at radius 2 is 1.60 bits per heavy atom. The van der Waals surface area contributed by atoms with Crippen LogP contribution in [-0.2, 0) is 11.2 Å². The van der Waals surface area contributed by atoms with E-state index >= 15 is 0 Å². The molecule has 282 valence electrons. The van der Waals surface area contributed by atoms with Crippen molar-refractivity contribution in [3.63, 3.8) is 0 Å². The highest BCUT2D eigenvalue weighted by Gasteiger charge is 2.22. The lowest BCUT2D eigenvalue weighted by atomic mass is 10.1. The highest BCUT2D eigenvalue weighted by molar-refractivity contribution is 7.21. The van der Waals surface area contributed by atoms with E-state index < -0.39 is 0 Å². The van der Waals surface area contributed by atoms with Crippen molar-refractivity contribution in [1.82, 2.24) is 19.4 Å². The van der Waals surface area contributed by atoms with Crippen LogP contribution in [0.25, 0.3) is 42.5 Å². The van der Waals surface area contributed by atoms with E-state index in [2.05, 4.69) is 77.6 Å². The number of nitrogens with zero attached hydrogens (tertiary/aromatic N) is 3. The standard InChI is InChI=1S/C45H46ClN5O3S/c1-5-50(6-2)32-19-21-38-41(25-32)55-42-28-39(34-13-9-10-14-35(34)44(42)49-38)47-23-11-7-8-12-24-48-43(52)27-36-29(3)51(40-22-20-33(54-4)26-37(36)40)45(53)30-15-17-31(46)18-16-30/h9-10,13-22,25-26,28H,5-8,11-12,23-24,27H2,1-4H3,(H,48,52)/p+1. The molecule has 4 aromatic carbocycles. The monoisotopic (exact) mass is 772 g/mol. The largest absolute Gasteiger partial charge is 0.497 e. The summed E-state index contributed by atoms with van der Waals surface area (Å²) in [6, 6.07) is 29.8. The van der Waals surface area contributed by atoms with Gasteiger partial charge in [-0.05, 0) is 93.8 Å². The van der Waals surface area contributed by atoms with Crippen LogP contribution in [0.5, 0.6) is 5.75 Å². The third-order valence-corrected chi connectivity index (χ3v) is 11.7. The van der Waals surface area contributed by atoms with Crippen LogP contribution in [0.2, 0.25) is 5.02 Å². The minimum absolute atomic E-state index is 0.0682. The van der Waals surface area contributed by atoms with Crippen molar-refractivity contribution in [3.8, 4) is 16.3 Å². The Hall–Kier alpha value is -5.25. The zero-order valence-electron chi connectivity index (χ0n) is 31.9. The summed E-state index contributed by atoms with van der Waals surface area (Å²) in [6.07, 6.45) is 4.15. The number of carbonyl (C=O) groups excluding carboxylic acids is 2. The molecule has 5 aromatic rings. The zero-order chi connectivity index (χ0) is 38.5. The number of amides is 1. The second kappa shape index (κ2) is 17.0. The number of fused-ring (bicyclic) bond motifs is 5. The van der Waals surface area contributed by atoms with Gasteiger partial charge in [-0.25, -0.2) is 9.56 Å². The van der Waals surface area contributed by atoms with Gasteiger partial charge in [-0.1, -0.05) is 48.7 Å². The van der Waals surface area contributed by atoms with Gasteiger partial charge >= 0.3 is 0 Å². The van der Waals surface area contributed by atoms with Gasteiger partial charge in [0.2, 0.25) is 11.3 Å². The van der Waals surface area contributed by atoms with Crippen molar-refractivity contribution < 1.29 is 14.3 Å². The maximum absolute atomic E-state index is 13.6. The number of anilines is 1. The van der Waals surface area contributed by atoms with Crippen LogP contribution in [0.4, 0.5) is 5.69 Å². The minimum atomic E-state index is -0.171. The van der Waals surface area contributed by atoms with E-state index in [0.717, 1.165) is 89.8 Å². The molecule has 0 saturated carbocycles. The fourth-order valence-corrected chi connectivity index (χ4v) is 8.64. The quantitative estimate of drug-likeness (QED) is 0.0498. The summed E-state index contributed by atoms with van der Waals surface area (Å²) in [7, 11) is 1.61. The fraction of sp³-hybridized carbons (Fsp3) is 0.289. The van der Waals surface area contributed by atoms with Crippen LogP contribution in [-0.4, -0.2) is 54.7 Å². The van der Waals surface area contributed by atoms with Gasteiger partial charge in [0.25, 0.3) is 5.91 Å². The van der Waals surface area contributed by atoms with Gasteiger partial charge in [0.05, 0.1) is 39.8 Å². The molecule has 1 aliphatic carbocycles. The number of hydrogen-bond acceptors (Lipinski definition) is 6. The van der Waals surface area contributed by atoms with E-state index in [1.807, 2.05) is 25.1 Å². The molecule has 55 heavy (non-hydrogen) atoms. The van der Waals surface area contributed by atoms with Crippen molar-refractivity contribution in [2.75, 3.05) is 38.6 Å². The van der Waals surface area contributed by atoms with Crippen LogP contribution in [0.15, 0.2) is 91.0 Å². The Morgan fingerprint density at radius 1 is 0.855 bits per heavy atom. The molecule has 0 radical (unpaired) electrons. The summed E-state index contributed by atoms with van der Waals surface area (Å²) in [5, 5.41) is 11.8. The lowest BCUT2D eigenvalue weighted by Gasteiger charge is -2.14. The first-order valence-electron chi connectivity index (χ1n) is 19.1. The first-order chi connectivity index (χ1) is 26.8. The number of halogens is 1. The van der Waals surface area contributed by atoms with E-state index in [1.54, 1.807) is 47.3 Å². The van der Waals surface area contributed by atoms with Crippen molar-refractivity contribution in [2.24, 2.45) is 0 Å². The van der Waals surface area contributed by atoms with Gasteiger partial charge in [-0.2, -0.15) is 0 Å². The summed E-state index contributed by atoms with van der Waals surface area (Å²) in [5.74, 6) is 0.431. The molecule has 2 aliphatic rings. The molecule has 7 rings (SSSR count). The molecule has 1 aliphatic heterocycles. The van der Waals surface area contributed by atoms with Crippen molar-refractivity contribution in [2.45, 2.75) is 52.9 Å². The van der Waals surface area contributed by atoms with Gasteiger partial charge in [-0.3, -0.25) is 14.2 Å². The van der Waals surface area contributed by atoms with Crippen molar-refractivity contribution >= 4 is 72.3 Å². The predicted octanol–water partition coefficient (Wildman–Crippen LogP) is 9.31. The number of aromatic nitrogens is 2. The number of rotatable bonds is 14. The van der Waals surface area contributed by atoms with Gasteiger partial charge in [0.15, 0.2) is 0 Å². The Balaban J connectivity index is 0.951. The van der Waals surface area contributed by atoms with E-state index in [-0.39, 0.29) is 18.2 Å². The van der Waals surface area contributed by atoms with Crippen LogP contribution in [0.3, 0.4) is 0 Å². The SMILES string of the molecule is CC[N+](CC)=c1ccc2nc3c(cc(NCCCCCCNC(=O)Cc4c(C)n(C(=O)c5ccc(Cl)cc5)c5ccc(OC)cc45)c4ccccc43)sc-2c1. The topological polar surface area (TPSA) is 88.3 Å². The first kappa shape index (κ1) is 38.0. The molecule has 0 bridgehead atoms. The smallest absolute Gasteiger partial charge is 0.262 e. The predicted molar refractivity (Wildman–Crippen MR) is 228 cm³/mol. The van der Waals surface area contributed by atoms with E-state index in [1.165, 1.54) is 20.3 Å². The Kier molecular flexibility index (Phi) is 11.8. The molecular weight excluding hydrogens is 726 g/mol. The summed E-state index contributed by atoms with van der Waals surface area (Å²) in [6.45, 7) is 9.68. The lowest BCUT2D eigenvalue weighted by molar-refractivity contribution is -0.120. The Labute approximate surface area is 330 Å². The molecule has 0 saturated heterocycles. The van der Waals surface area contributed by atoms with E-state index in [0.29, 0.717) is 22.9 Å². The first-order valence-corrected chi connectivity index (χ1v) is 20.3. The maximum atomic E-state index is 13.6. The average molecular weight is 773 g/mol. The van der Waals surface area contributed by atoms with Crippen LogP contribution in [0, 0.1) is 6.92 Å². The summed E-state index contributed by atoms with van der Waals surface area (Å²) < 4.78 is 10.7.